The molecule has 82 heavy (non-hydrogen) atoms. The molecule has 1 aliphatic heterocycles. The molecule has 2 N–H and O–H groups in total. The highest BCUT2D eigenvalue weighted by Gasteiger charge is 2.72. The Bertz CT molecular complexity index is 2280. The molecule has 9 fully saturated rings. The molecule has 0 aromatic carbocycles. The van der Waals surface area contributed by atoms with Crippen LogP contribution in [0.5, 0.6) is 0 Å². The van der Waals surface area contributed by atoms with Gasteiger partial charge in [0.15, 0.2) is 0 Å². The van der Waals surface area contributed by atoms with Crippen LogP contribution < -0.4 is 10.6 Å². The smallest absolute Gasteiger partial charge is 0.325 e. The van der Waals surface area contributed by atoms with Crippen molar-refractivity contribution in [2.75, 3.05) is 27.3 Å². The molecule has 2 spiro atoms. The zero-order chi connectivity index (χ0) is 59.5. The van der Waals surface area contributed by atoms with Crippen LogP contribution in [0.1, 0.15) is 185 Å². The van der Waals surface area contributed by atoms with Crippen molar-refractivity contribution >= 4 is 47.6 Å². The largest absolute Gasteiger partial charge is 0.468 e. The number of nitrogens with one attached hydrogen (secondary N) is 2. The number of hydrogen-bond acceptors (Lipinski definition) is 18. The monoisotopic (exact) mass is 1150 g/mol. The third kappa shape index (κ3) is 11.5. The highest BCUT2D eigenvalue weighted by Crippen LogP contribution is 2.73. The number of amides is 2. The summed E-state index contributed by atoms with van der Waals surface area (Å²) in [4.78, 5) is 128. The molecule has 0 aromatic heterocycles. The minimum Gasteiger partial charge on any atom is -0.468 e. The first-order chi connectivity index (χ1) is 38.7. The first-order valence-electron chi connectivity index (χ1n) is 30.7. The second kappa shape index (κ2) is 23.8. The van der Waals surface area contributed by atoms with Crippen molar-refractivity contribution in [3.05, 3.63) is 0 Å². The van der Waals surface area contributed by atoms with Gasteiger partial charge in [-0.15, -0.1) is 0 Å². The lowest BCUT2D eigenvalue weighted by Gasteiger charge is -2.66. The summed E-state index contributed by atoms with van der Waals surface area (Å²) >= 11 is 0. The molecule has 20 heteroatoms. The van der Waals surface area contributed by atoms with E-state index in [-0.39, 0.29) is 143 Å². The first-order valence-corrected chi connectivity index (χ1v) is 30.7. The Morgan fingerprint density at radius 2 is 0.841 bits per heavy atom. The molecule has 8 saturated carbocycles. The van der Waals surface area contributed by atoms with Gasteiger partial charge in [0.2, 0.25) is 23.4 Å². The van der Waals surface area contributed by atoms with Crippen LogP contribution in [0.3, 0.4) is 0 Å². The van der Waals surface area contributed by atoms with Gasteiger partial charge in [0.1, 0.15) is 37.5 Å². The van der Waals surface area contributed by atoms with Gasteiger partial charge < -0.3 is 39.1 Å². The van der Waals surface area contributed by atoms with Gasteiger partial charge >= 0.3 is 35.8 Å². The lowest BCUT2D eigenvalue weighted by Crippen LogP contribution is -2.66. The standard InChI is InChI=1S/C62H94N2O18/c1-33(13-19-51(69)63-31-53(71)73-11)41-15-17-43-55-45(27-49(59(41,43)9)77-37(5)67)57(7)21-23-61(29-39(57)25-47(55)75-35(3)65)79-81-62(82-80-61)24-22-58(8)40(30-62)26-48(76-36(4)66)56-44-18-16-42(34(2)14-20-52(70)64-32-54(72)74-12)60(44,10)50(28-46(56)58)78-38(6)68/h33-34,39-50,55-56H,13-32H2,1-12H3,(H,63,69)(H,64,70)/t33?,34?,39-,40-,41-,42-,43+,44+,45+,46+,47-,48-,49+,50+,55+,56+,57+,58+,59-,60-,61?,62?/m1/s1. The number of ether oxygens (including phenoxy) is 6. The van der Waals surface area contributed by atoms with Crippen molar-refractivity contribution in [1.29, 1.82) is 0 Å². The molecular formula is C62H94N2O18. The Hall–Kier alpha value is -4.40. The van der Waals surface area contributed by atoms with Crippen LogP contribution in [-0.2, 0) is 86.3 Å². The summed E-state index contributed by atoms with van der Waals surface area (Å²) in [5.74, 6) is -4.87. The summed E-state index contributed by atoms with van der Waals surface area (Å²) in [7, 11) is 2.56. The fraction of sp³-hybridized carbons (Fsp3) is 0.871. The number of carbonyl (C=O) groups is 8. The van der Waals surface area contributed by atoms with Crippen LogP contribution in [0.15, 0.2) is 0 Å². The number of rotatable bonds is 16. The van der Waals surface area contributed by atoms with E-state index in [1.54, 1.807) is 0 Å². The second-order valence-electron chi connectivity index (χ2n) is 27.8. The highest BCUT2D eigenvalue weighted by molar-refractivity contribution is 5.82. The van der Waals surface area contributed by atoms with Gasteiger partial charge in [-0.1, -0.05) is 41.5 Å². The van der Waals surface area contributed by atoms with Crippen LogP contribution in [0.2, 0.25) is 0 Å². The summed E-state index contributed by atoms with van der Waals surface area (Å²) in [6.07, 6.45) is 8.93. The summed E-state index contributed by atoms with van der Waals surface area (Å²) in [6, 6.07) is 0. The fourth-order valence-electron chi connectivity index (χ4n) is 19.9. The SMILES string of the molecule is COC(=O)CNC(=O)CCC(C)[C@H]1CC[C@H]2[C@@H]3[C@H](OC(C)=O)C[C@@H]4CC5(CC[C@]4(C)[C@H]3C[C@H](OC(C)=O)[C@]12C)OOC1(CC[C@@]2(C)[C@H](C[C@@H](OC(C)=O)[C@@H]3[C@@H]2C[C@H](OC(C)=O)[C@]2(C)[C@@H](C(C)CCC(=O)NCC(=O)OC)CC[C@@H]32)C1)OO5. The quantitative estimate of drug-likeness (QED) is 0.0839. The predicted octanol–water partition coefficient (Wildman–Crippen LogP) is 8.18. The second-order valence-corrected chi connectivity index (χ2v) is 27.8. The third-order valence-electron chi connectivity index (χ3n) is 23.9. The molecule has 8 aliphatic carbocycles. The van der Waals surface area contributed by atoms with Gasteiger partial charge in [0, 0.05) is 88.9 Å². The minimum absolute atomic E-state index is 0.00472. The average Bonchev–Trinajstić information content (AvgIpc) is 1.61. The van der Waals surface area contributed by atoms with Gasteiger partial charge in [-0.3, -0.25) is 38.4 Å². The van der Waals surface area contributed by atoms with Gasteiger partial charge in [-0.2, -0.15) is 19.6 Å². The molecule has 9 rings (SSSR count). The van der Waals surface area contributed by atoms with E-state index in [9.17, 15) is 38.4 Å². The summed E-state index contributed by atoms with van der Waals surface area (Å²) < 4.78 is 35.0. The van der Waals surface area contributed by atoms with Gasteiger partial charge in [-0.05, 0) is 147 Å². The molecule has 9 aliphatic rings. The van der Waals surface area contributed by atoms with E-state index in [1.807, 2.05) is 0 Å². The van der Waals surface area contributed by atoms with E-state index in [0.29, 0.717) is 77.0 Å². The molecule has 20 nitrogen and oxygen atoms in total. The fourth-order valence-corrected chi connectivity index (χ4v) is 19.9. The van der Waals surface area contributed by atoms with Crippen LogP contribution in [0, 0.1) is 92.7 Å². The molecule has 2 unspecified atom stereocenters. The van der Waals surface area contributed by atoms with Crippen molar-refractivity contribution in [2.24, 2.45) is 92.7 Å². The van der Waals surface area contributed by atoms with Crippen LogP contribution in [-0.4, -0.2) is 111 Å². The molecule has 0 radical (unpaired) electrons. The van der Waals surface area contributed by atoms with Gasteiger partial charge in [-0.25, -0.2) is 0 Å². The lowest BCUT2D eigenvalue weighted by molar-refractivity contribution is -0.667. The first kappa shape index (κ1) is 62.1. The van der Waals surface area contributed by atoms with Crippen molar-refractivity contribution in [2.45, 2.75) is 221 Å². The molecule has 1 heterocycles. The molecule has 2 amide bonds. The van der Waals surface area contributed by atoms with Crippen molar-refractivity contribution in [3.63, 3.8) is 0 Å². The van der Waals surface area contributed by atoms with Crippen LogP contribution in [0.25, 0.3) is 0 Å². The van der Waals surface area contributed by atoms with E-state index in [1.165, 1.54) is 41.9 Å². The number of methoxy groups -OCH3 is 2. The zero-order valence-electron chi connectivity index (χ0n) is 50.7. The number of esters is 6. The Kier molecular flexibility index (Phi) is 18.0. The Morgan fingerprint density at radius 1 is 0.488 bits per heavy atom. The van der Waals surface area contributed by atoms with Crippen molar-refractivity contribution in [3.8, 4) is 0 Å². The molecule has 1 saturated heterocycles. The maximum atomic E-state index is 13.1. The van der Waals surface area contributed by atoms with E-state index < -0.39 is 58.8 Å². The zero-order valence-corrected chi connectivity index (χ0v) is 50.7. The molecule has 0 aromatic rings. The van der Waals surface area contributed by atoms with Crippen LogP contribution >= 0.6 is 0 Å². The minimum atomic E-state index is -1.24. The maximum Gasteiger partial charge on any atom is 0.325 e. The van der Waals surface area contributed by atoms with Crippen molar-refractivity contribution < 1.29 is 86.3 Å². The molecule has 0 bridgehead atoms. The molecule has 460 valence electrons. The summed E-state index contributed by atoms with van der Waals surface area (Å²) in [5, 5.41) is 5.31. The van der Waals surface area contributed by atoms with E-state index >= 15 is 0 Å². The van der Waals surface area contributed by atoms with Crippen LogP contribution in [0.4, 0.5) is 0 Å². The summed E-state index contributed by atoms with van der Waals surface area (Å²) in [6.45, 7) is 18.9. The third-order valence-corrected chi connectivity index (χ3v) is 23.9. The average molecular weight is 1160 g/mol. The topological polar surface area (TPSA) is 253 Å². The van der Waals surface area contributed by atoms with Crippen molar-refractivity contribution in [1.82, 2.24) is 10.6 Å². The Morgan fingerprint density at radius 3 is 1.17 bits per heavy atom. The molecular weight excluding hydrogens is 1060 g/mol. The Labute approximate surface area is 483 Å². The Balaban J connectivity index is 0.899. The highest BCUT2D eigenvalue weighted by atomic mass is 17.4. The van der Waals surface area contributed by atoms with E-state index in [4.69, 9.17) is 48.0 Å². The van der Waals surface area contributed by atoms with Gasteiger partial charge in [0.05, 0.1) is 14.2 Å². The maximum absolute atomic E-state index is 13.1. The number of fused-ring (bicyclic) bond motifs is 10. The number of hydrogen-bond donors (Lipinski definition) is 2. The van der Waals surface area contributed by atoms with E-state index in [2.05, 4.69) is 52.2 Å². The summed E-state index contributed by atoms with van der Waals surface area (Å²) in [5.41, 5.74) is -1.48. The molecule has 20 atom stereocenters. The lowest BCUT2D eigenvalue weighted by atomic mass is 9.42. The number of carbonyl (C=O) groups excluding carboxylic acids is 8. The van der Waals surface area contributed by atoms with Gasteiger partial charge in [0.25, 0.3) is 0 Å². The predicted molar refractivity (Wildman–Crippen MR) is 291 cm³/mol. The normalized spacial score (nSPS) is 43.1. The van der Waals surface area contributed by atoms with E-state index in [0.717, 1.165) is 25.7 Å².